The fraction of sp³-hybridized carbons (Fsp3) is 0.176. The van der Waals surface area contributed by atoms with Crippen LogP contribution in [0, 0.1) is 0 Å². The lowest BCUT2D eigenvalue weighted by molar-refractivity contribution is 0.102. The molecule has 0 aliphatic rings. The first-order valence-electron chi connectivity index (χ1n) is 8.00. The number of carbonyl (C=O) groups is 1. The number of amides is 1. The SMILES string of the molecule is CNN(/C=C(\C)c1cnc2c(NC(=O)c3cccnc3)nccn12)NC. The van der Waals surface area contributed by atoms with Gasteiger partial charge in [0.25, 0.3) is 5.91 Å². The predicted molar refractivity (Wildman–Crippen MR) is 98.8 cm³/mol. The van der Waals surface area contributed by atoms with Gasteiger partial charge in [0, 0.05) is 45.1 Å². The van der Waals surface area contributed by atoms with Crippen molar-refractivity contribution in [2.45, 2.75) is 6.92 Å². The Morgan fingerprint density at radius 3 is 2.69 bits per heavy atom. The van der Waals surface area contributed by atoms with Crippen molar-refractivity contribution >= 4 is 22.9 Å². The summed E-state index contributed by atoms with van der Waals surface area (Å²) in [5.41, 5.74) is 8.85. The van der Waals surface area contributed by atoms with Gasteiger partial charge in [0.1, 0.15) is 0 Å². The van der Waals surface area contributed by atoms with Gasteiger partial charge in [0.05, 0.1) is 17.5 Å². The highest BCUT2D eigenvalue weighted by molar-refractivity contribution is 6.05. The van der Waals surface area contributed by atoms with Crippen LogP contribution < -0.4 is 16.2 Å². The first-order chi connectivity index (χ1) is 12.6. The van der Waals surface area contributed by atoms with E-state index in [0.29, 0.717) is 17.0 Å². The topological polar surface area (TPSA) is 99.5 Å². The zero-order valence-electron chi connectivity index (χ0n) is 14.8. The van der Waals surface area contributed by atoms with Crippen molar-refractivity contribution in [3.05, 3.63) is 60.6 Å². The Balaban J connectivity index is 1.93. The molecule has 9 nitrogen and oxygen atoms in total. The monoisotopic (exact) mass is 352 g/mol. The minimum absolute atomic E-state index is 0.285. The molecule has 0 saturated carbocycles. The number of aromatic nitrogens is 4. The average Bonchev–Trinajstić information content (AvgIpc) is 3.12. The van der Waals surface area contributed by atoms with Gasteiger partial charge in [-0.05, 0) is 24.6 Å². The number of carbonyl (C=O) groups excluding carboxylic acids is 1. The normalized spacial score (nSPS) is 11.6. The zero-order valence-corrected chi connectivity index (χ0v) is 14.8. The first kappa shape index (κ1) is 17.5. The number of imidazole rings is 1. The van der Waals surface area contributed by atoms with Crippen LogP contribution in [0.15, 0.2) is 49.3 Å². The van der Waals surface area contributed by atoms with Crippen LogP contribution in [0.5, 0.6) is 0 Å². The molecule has 0 aromatic carbocycles. The van der Waals surface area contributed by atoms with Crippen molar-refractivity contribution in [3.8, 4) is 0 Å². The van der Waals surface area contributed by atoms with Crippen LogP contribution in [0.1, 0.15) is 23.0 Å². The van der Waals surface area contributed by atoms with Gasteiger partial charge in [-0.1, -0.05) is 0 Å². The van der Waals surface area contributed by atoms with Crippen molar-refractivity contribution in [2.24, 2.45) is 0 Å². The summed E-state index contributed by atoms with van der Waals surface area (Å²) in [6, 6.07) is 3.40. The van der Waals surface area contributed by atoms with E-state index in [-0.39, 0.29) is 5.91 Å². The summed E-state index contributed by atoms with van der Waals surface area (Å²) in [6.45, 7) is 1.97. The first-order valence-corrected chi connectivity index (χ1v) is 8.00. The fourth-order valence-electron chi connectivity index (χ4n) is 2.48. The van der Waals surface area contributed by atoms with E-state index in [9.17, 15) is 4.79 Å². The van der Waals surface area contributed by atoms with Gasteiger partial charge in [-0.15, -0.1) is 0 Å². The second kappa shape index (κ2) is 7.72. The second-order valence-electron chi connectivity index (χ2n) is 5.44. The lowest BCUT2D eigenvalue weighted by atomic mass is 10.2. The van der Waals surface area contributed by atoms with Crippen LogP contribution in [0.4, 0.5) is 5.82 Å². The highest BCUT2D eigenvalue weighted by Gasteiger charge is 2.13. The van der Waals surface area contributed by atoms with Crippen molar-refractivity contribution in [2.75, 3.05) is 19.4 Å². The lowest BCUT2D eigenvalue weighted by Gasteiger charge is -2.18. The number of fused-ring (bicyclic) bond motifs is 1. The Morgan fingerprint density at radius 2 is 2.00 bits per heavy atom. The summed E-state index contributed by atoms with van der Waals surface area (Å²) < 4.78 is 1.88. The summed E-state index contributed by atoms with van der Waals surface area (Å²) in [4.78, 5) is 25.0. The molecule has 0 saturated heterocycles. The summed E-state index contributed by atoms with van der Waals surface area (Å²) in [7, 11) is 3.62. The second-order valence-corrected chi connectivity index (χ2v) is 5.44. The molecule has 1 amide bonds. The van der Waals surface area contributed by atoms with E-state index in [2.05, 4.69) is 31.1 Å². The maximum absolute atomic E-state index is 12.4. The summed E-state index contributed by atoms with van der Waals surface area (Å²) in [6.07, 6.45) is 10.2. The standard InChI is InChI=1S/C17H20N8O/c1-12(11-25(18-2)19-3)14-10-22-16-15(21-7-8-24(14)16)23-17(26)13-5-4-6-20-9-13/h4-11,18-19H,1-3H3,(H,21,23,26)/b12-11+. The smallest absolute Gasteiger partial charge is 0.258 e. The van der Waals surface area contributed by atoms with Crippen molar-refractivity contribution in [1.29, 1.82) is 0 Å². The van der Waals surface area contributed by atoms with E-state index in [1.54, 1.807) is 42.0 Å². The van der Waals surface area contributed by atoms with Crippen molar-refractivity contribution in [1.82, 2.24) is 35.3 Å². The van der Waals surface area contributed by atoms with Crippen LogP contribution >= 0.6 is 0 Å². The maximum atomic E-state index is 12.4. The number of hydrogen-bond acceptors (Lipinski definition) is 7. The molecule has 3 rings (SSSR count). The molecule has 3 heterocycles. The van der Waals surface area contributed by atoms with Gasteiger partial charge in [0.15, 0.2) is 11.5 Å². The van der Waals surface area contributed by atoms with E-state index in [1.807, 2.05) is 31.6 Å². The molecule has 26 heavy (non-hydrogen) atoms. The quantitative estimate of drug-likeness (QED) is 0.575. The molecular weight excluding hydrogens is 332 g/mol. The van der Waals surface area contributed by atoms with Crippen molar-refractivity contribution < 1.29 is 4.79 Å². The molecule has 9 heteroatoms. The Labute approximate surface area is 150 Å². The molecule has 0 unspecified atom stereocenters. The molecule has 0 radical (unpaired) electrons. The summed E-state index contributed by atoms with van der Waals surface area (Å²) in [5, 5.41) is 4.51. The molecule has 0 atom stereocenters. The van der Waals surface area contributed by atoms with Gasteiger partial charge in [-0.3, -0.25) is 14.2 Å². The molecule has 134 valence electrons. The molecule has 0 aliphatic carbocycles. The molecule has 0 fully saturated rings. The number of nitrogens with zero attached hydrogens (tertiary/aromatic N) is 5. The number of nitrogens with one attached hydrogen (secondary N) is 3. The molecule has 3 aromatic heterocycles. The predicted octanol–water partition coefficient (Wildman–Crippen LogP) is 1.31. The number of anilines is 1. The highest BCUT2D eigenvalue weighted by Crippen LogP contribution is 2.20. The highest BCUT2D eigenvalue weighted by atomic mass is 16.1. The minimum atomic E-state index is -0.285. The molecule has 0 aliphatic heterocycles. The van der Waals surface area contributed by atoms with E-state index >= 15 is 0 Å². The fourth-order valence-corrected chi connectivity index (χ4v) is 2.48. The van der Waals surface area contributed by atoms with E-state index < -0.39 is 0 Å². The zero-order chi connectivity index (χ0) is 18.5. The minimum Gasteiger partial charge on any atom is -0.303 e. The summed E-state index contributed by atoms with van der Waals surface area (Å²) >= 11 is 0. The third kappa shape index (κ3) is 3.53. The largest absolute Gasteiger partial charge is 0.303 e. The van der Waals surface area contributed by atoms with Gasteiger partial charge < -0.3 is 5.32 Å². The number of pyridine rings is 1. The van der Waals surface area contributed by atoms with E-state index in [4.69, 9.17) is 0 Å². The van der Waals surface area contributed by atoms with Gasteiger partial charge in [0.2, 0.25) is 0 Å². The Morgan fingerprint density at radius 1 is 1.19 bits per heavy atom. The molecular formula is C17H20N8O. The summed E-state index contributed by atoms with van der Waals surface area (Å²) in [5.74, 6) is 0.103. The van der Waals surface area contributed by atoms with Crippen LogP contribution in [-0.2, 0) is 0 Å². The molecule has 3 N–H and O–H groups in total. The Kier molecular flexibility index (Phi) is 5.20. The number of rotatable bonds is 6. The Bertz CT molecular complexity index is 930. The van der Waals surface area contributed by atoms with Gasteiger partial charge in [-0.2, -0.15) is 0 Å². The number of hydrogen-bond donors (Lipinski definition) is 3. The van der Waals surface area contributed by atoms with Crippen LogP contribution in [0.25, 0.3) is 11.2 Å². The molecule has 0 spiro atoms. The molecule has 0 bridgehead atoms. The van der Waals surface area contributed by atoms with Gasteiger partial charge >= 0.3 is 0 Å². The van der Waals surface area contributed by atoms with Crippen LogP contribution in [0.3, 0.4) is 0 Å². The van der Waals surface area contributed by atoms with Crippen molar-refractivity contribution in [3.63, 3.8) is 0 Å². The van der Waals surface area contributed by atoms with E-state index in [1.165, 1.54) is 6.20 Å². The number of allylic oxidation sites excluding steroid dienone is 1. The van der Waals surface area contributed by atoms with E-state index in [0.717, 1.165) is 11.3 Å². The third-order valence-corrected chi connectivity index (χ3v) is 3.79. The maximum Gasteiger partial charge on any atom is 0.258 e. The number of hydrazine groups is 2. The third-order valence-electron chi connectivity index (χ3n) is 3.79. The van der Waals surface area contributed by atoms with Crippen LogP contribution in [-0.4, -0.2) is 44.5 Å². The molecule has 3 aromatic rings. The average molecular weight is 352 g/mol. The van der Waals surface area contributed by atoms with Gasteiger partial charge in [-0.25, -0.2) is 25.9 Å². The van der Waals surface area contributed by atoms with Crippen LogP contribution in [0.2, 0.25) is 0 Å². The lowest BCUT2D eigenvalue weighted by Crippen LogP contribution is -2.39. The Hall–Kier alpha value is -3.30.